The summed E-state index contributed by atoms with van der Waals surface area (Å²) in [6.07, 6.45) is 4.90. The van der Waals surface area contributed by atoms with Crippen LogP contribution in [-0.4, -0.2) is 128 Å². The number of fused-ring (bicyclic) bond motifs is 6. The van der Waals surface area contributed by atoms with Crippen molar-refractivity contribution in [2.75, 3.05) is 34.3 Å². The van der Waals surface area contributed by atoms with Gasteiger partial charge in [-0.1, -0.05) is 47.6 Å². The Labute approximate surface area is 387 Å². The minimum absolute atomic E-state index is 0.0212. The van der Waals surface area contributed by atoms with Crippen LogP contribution in [0.5, 0.6) is 0 Å². The van der Waals surface area contributed by atoms with Crippen molar-refractivity contribution in [1.82, 2.24) is 45.0 Å². The number of carbonyl (C=O) groups is 5. The highest BCUT2D eigenvalue weighted by atomic mass is 32.1. The van der Waals surface area contributed by atoms with Crippen molar-refractivity contribution in [3.8, 4) is 22.5 Å². The van der Waals surface area contributed by atoms with Gasteiger partial charge >= 0.3 is 12.0 Å². The summed E-state index contributed by atoms with van der Waals surface area (Å²) in [5.74, 6) is -1.45. The van der Waals surface area contributed by atoms with Crippen LogP contribution in [-0.2, 0) is 43.3 Å². The number of hydrazine groups is 1. The molecule has 4 aromatic rings. The van der Waals surface area contributed by atoms with E-state index in [1.165, 1.54) is 28.2 Å². The Bertz CT molecular complexity index is 2440. The summed E-state index contributed by atoms with van der Waals surface area (Å²) in [5, 5.41) is 8.20. The number of likely N-dealkylation sites (N-methyl/N-ethyl adjacent to an activating group) is 1. The summed E-state index contributed by atoms with van der Waals surface area (Å²) in [6.45, 7) is 17.2. The number of aromatic nitrogens is 3. The number of carbonyl (C=O) groups excluding carboxylic acids is 5. The smallest absolute Gasteiger partial charge is 0.324 e. The number of cyclic esters (lactones) is 1. The van der Waals surface area contributed by atoms with Gasteiger partial charge in [0.05, 0.1) is 28.7 Å². The largest absolute Gasteiger partial charge is 0.464 e. The number of amides is 5. The molecule has 350 valence electrons. The zero-order valence-electron chi connectivity index (χ0n) is 39.9. The summed E-state index contributed by atoms with van der Waals surface area (Å²) in [6, 6.07) is 7.50. The monoisotopic (exact) mass is 909 g/mol. The number of pyridine rings is 1. The number of thiazole rings is 1. The Morgan fingerprint density at radius 2 is 1.77 bits per heavy atom. The molecule has 5 amide bonds. The fourth-order valence-electron chi connectivity index (χ4n) is 9.74. The molecule has 1 aromatic carbocycles. The second kappa shape index (κ2) is 19.2. The number of nitrogens with one attached hydrogen (secondary N) is 2. The average Bonchev–Trinajstić information content (AvgIpc) is 3.85. The molecule has 1 aliphatic carbocycles. The van der Waals surface area contributed by atoms with Crippen LogP contribution >= 0.6 is 11.3 Å². The summed E-state index contributed by atoms with van der Waals surface area (Å²) >= 11 is 1.42. The molecular weight excluding hydrogens is 843 g/mol. The fourth-order valence-corrected chi connectivity index (χ4v) is 10.6. The van der Waals surface area contributed by atoms with Crippen LogP contribution in [0.15, 0.2) is 41.9 Å². The van der Waals surface area contributed by atoms with Gasteiger partial charge in [-0.15, -0.1) is 11.3 Å². The number of urea groups is 1. The third-order valence-electron chi connectivity index (χ3n) is 13.6. The van der Waals surface area contributed by atoms with Gasteiger partial charge in [-0.2, -0.15) is 0 Å². The first kappa shape index (κ1) is 47.6. The van der Waals surface area contributed by atoms with Gasteiger partial charge < -0.3 is 29.3 Å². The molecule has 1 saturated heterocycles. The Balaban J connectivity index is 1.24. The normalized spacial score (nSPS) is 21.6. The Morgan fingerprint density at radius 1 is 1.05 bits per heavy atom. The van der Waals surface area contributed by atoms with Crippen LogP contribution in [0.4, 0.5) is 4.79 Å². The maximum absolute atomic E-state index is 14.6. The van der Waals surface area contributed by atoms with Crippen LogP contribution in [0.2, 0.25) is 0 Å². The van der Waals surface area contributed by atoms with E-state index in [1.807, 2.05) is 31.5 Å². The minimum Gasteiger partial charge on any atom is -0.464 e. The molecule has 65 heavy (non-hydrogen) atoms. The molecule has 2 fully saturated rings. The summed E-state index contributed by atoms with van der Waals surface area (Å²) < 4.78 is 8.48. The Morgan fingerprint density at radius 3 is 2.45 bits per heavy atom. The molecule has 3 aromatic heterocycles. The molecule has 2 aliphatic heterocycles. The predicted octanol–water partition coefficient (Wildman–Crippen LogP) is 6.64. The lowest BCUT2D eigenvalue weighted by atomic mass is 9.84. The lowest BCUT2D eigenvalue weighted by Gasteiger charge is -2.46. The SMILES string of the molecule is CCn1c(-c2cccnc2C(C)C)c2c3cc(ccc31)-c1csc(n1)C[C@H](NC(=O)[C@H](C(C)C)N(C)C(=O)N(C)C1CC(N(C)C(C)=O)C1)C(=O)N1CCC[C@H](N1)C(=O)OCC(C)(C)C2. The molecule has 5 heterocycles. The van der Waals surface area contributed by atoms with Crippen LogP contribution < -0.4 is 10.7 Å². The van der Waals surface area contributed by atoms with Gasteiger partial charge in [-0.25, -0.2) is 15.2 Å². The number of aryl methyl sites for hydroxylation is 1. The number of hydrogen-bond donors (Lipinski definition) is 2. The topological polar surface area (TPSA) is 162 Å². The second-order valence-electron chi connectivity index (χ2n) is 19.7. The number of benzene rings is 1. The van der Waals surface area contributed by atoms with E-state index in [4.69, 9.17) is 14.7 Å². The van der Waals surface area contributed by atoms with Crippen molar-refractivity contribution in [3.05, 3.63) is 58.2 Å². The molecule has 1 saturated carbocycles. The van der Waals surface area contributed by atoms with Gasteiger partial charge in [-0.05, 0) is 80.7 Å². The van der Waals surface area contributed by atoms with Gasteiger partial charge in [0, 0.05) is 98.7 Å². The highest BCUT2D eigenvalue weighted by Gasteiger charge is 2.42. The van der Waals surface area contributed by atoms with Gasteiger partial charge in [-0.3, -0.25) is 29.2 Å². The van der Waals surface area contributed by atoms with Gasteiger partial charge in [0.25, 0.3) is 5.91 Å². The number of esters is 1. The third kappa shape index (κ3) is 9.79. The van der Waals surface area contributed by atoms with E-state index in [1.54, 1.807) is 30.9 Å². The predicted molar refractivity (Wildman–Crippen MR) is 253 cm³/mol. The molecule has 3 aliphatic rings. The highest BCUT2D eigenvalue weighted by Crippen LogP contribution is 2.42. The van der Waals surface area contributed by atoms with Crippen molar-refractivity contribution in [2.24, 2.45) is 11.3 Å². The minimum atomic E-state index is -1.07. The molecule has 6 bridgehead atoms. The molecule has 2 N–H and O–H groups in total. The summed E-state index contributed by atoms with van der Waals surface area (Å²) in [7, 11) is 5.11. The van der Waals surface area contributed by atoms with E-state index >= 15 is 0 Å². The maximum Gasteiger partial charge on any atom is 0.324 e. The molecule has 7 rings (SSSR count). The molecular formula is C49H67N9O6S. The molecule has 0 radical (unpaired) electrons. The van der Waals surface area contributed by atoms with Crippen molar-refractivity contribution >= 4 is 52.0 Å². The Kier molecular flexibility index (Phi) is 14.1. The van der Waals surface area contributed by atoms with E-state index < -0.39 is 41.3 Å². The number of nitrogens with zero attached hydrogens (tertiary/aromatic N) is 7. The lowest BCUT2D eigenvalue weighted by Crippen LogP contribution is -2.63. The van der Waals surface area contributed by atoms with Crippen molar-refractivity contribution in [1.29, 1.82) is 0 Å². The highest BCUT2D eigenvalue weighted by molar-refractivity contribution is 7.10. The summed E-state index contributed by atoms with van der Waals surface area (Å²) in [5.41, 5.74) is 9.81. The van der Waals surface area contributed by atoms with Crippen LogP contribution in [0.1, 0.15) is 103 Å². The van der Waals surface area contributed by atoms with E-state index in [0.717, 1.165) is 51.2 Å². The second-order valence-corrected chi connectivity index (χ2v) is 20.6. The maximum atomic E-state index is 14.6. The average molecular weight is 910 g/mol. The van der Waals surface area contributed by atoms with Gasteiger partial charge in [0.2, 0.25) is 11.8 Å². The zero-order valence-corrected chi connectivity index (χ0v) is 40.8. The number of ether oxygens (including phenoxy) is 1. The van der Waals surface area contributed by atoms with Gasteiger partial charge in [0.15, 0.2) is 0 Å². The summed E-state index contributed by atoms with van der Waals surface area (Å²) in [4.78, 5) is 83.6. The van der Waals surface area contributed by atoms with Crippen LogP contribution in [0.25, 0.3) is 33.4 Å². The van der Waals surface area contributed by atoms with Crippen LogP contribution in [0, 0.1) is 11.3 Å². The molecule has 0 spiro atoms. The van der Waals surface area contributed by atoms with E-state index in [-0.39, 0.29) is 48.9 Å². The molecule has 0 unspecified atom stereocenters. The lowest BCUT2D eigenvalue weighted by molar-refractivity contribution is -0.155. The molecule has 15 nitrogen and oxygen atoms in total. The first-order valence-corrected chi connectivity index (χ1v) is 24.0. The quantitative estimate of drug-likeness (QED) is 0.176. The van der Waals surface area contributed by atoms with E-state index in [2.05, 4.69) is 74.2 Å². The van der Waals surface area contributed by atoms with Crippen molar-refractivity contribution in [3.63, 3.8) is 0 Å². The fraction of sp³-hybridized carbons (Fsp3) is 0.571. The standard InChI is InChI=1S/C49H67N9O6S/c1-12-57-40-18-17-31-21-35(40)36(44(57)34-15-13-19-50-42(34)28(2)3)25-49(7,8)27-64-47(62)37-16-14-20-58(53-37)46(61)38(24-41-51-39(31)26-65-41)52-45(60)43(29(4)5)56(11)48(63)55(10)33-22-32(23-33)54(9)30(6)59/h13,15,17-19,21,26,28-29,32-33,37-38,43,53H,12,14,16,20,22-25,27H2,1-11H3,(H,52,60)/t32?,33?,37-,38-,43-/m0/s1. The van der Waals surface area contributed by atoms with Gasteiger partial charge in [0.1, 0.15) is 18.1 Å². The number of rotatable bonds is 9. The first-order chi connectivity index (χ1) is 30.8. The van der Waals surface area contributed by atoms with Crippen molar-refractivity contribution < 1.29 is 28.7 Å². The third-order valence-corrected chi connectivity index (χ3v) is 14.4. The van der Waals surface area contributed by atoms with Crippen molar-refractivity contribution in [2.45, 2.75) is 137 Å². The zero-order chi connectivity index (χ0) is 47.1. The Hall–Kier alpha value is -5.35. The van der Waals surface area contributed by atoms with Crippen LogP contribution in [0.3, 0.4) is 0 Å². The molecule has 3 atom stereocenters. The van der Waals surface area contributed by atoms with E-state index in [9.17, 15) is 24.0 Å². The number of hydrogen-bond acceptors (Lipinski definition) is 10. The van der Waals surface area contributed by atoms with E-state index in [0.29, 0.717) is 43.7 Å². The molecule has 16 heteroatoms. The first-order valence-electron chi connectivity index (χ1n) is 23.1.